The van der Waals surface area contributed by atoms with E-state index >= 15 is 0 Å². The molecule has 2 aromatic rings. The summed E-state index contributed by atoms with van der Waals surface area (Å²) >= 11 is 1.70. The Morgan fingerprint density at radius 1 is 1.52 bits per heavy atom. The third-order valence-corrected chi connectivity index (χ3v) is 4.90. The van der Waals surface area contributed by atoms with Gasteiger partial charge in [0, 0.05) is 50.2 Å². The summed E-state index contributed by atoms with van der Waals surface area (Å²) in [6.45, 7) is 1.70. The number of aromatic nitrogens is 3. The molecule has 5 nitrogen and oxygen atoms in total. The molecule has 0 aliphatic carbocycles. The minimum absolute atomic E-state index is 0.250. The topological polar surface area (TPSA) is 51.0 Å². The fourth-order valence-corrected chi connectivity index (χ4v) is 3.62. The Labute approximate surface area is 128 Å². The number of hydrogen-bond donors (Lipinski definition) is 0. The highest BCUT2D eigenvalue weighted by molar-refractivity contribution is 7.09. The Hall–Kier alpha value is -1.69. The third kappa shape index (κ3) is 3.50. The quantitative estimate of drug-likeness (QED) is 0.870. The van der Waals surface area contributed by atoms with E-state index in [9.17, 15) is 4.79 Å². The zero-order chi connectivity index (χ0) is 14.7. The molecule has 1 fully saturated rings. The Kier molecular flexibility index (Phi) is 4.34. The minimum atomic E-state index is 0.250. The van der Waals surface area contributed by atoms with Crippen LogP contribution in [-0.4, -0.2) is 38.7 Å². The van der Waals surface area contributed by atoms with Crippen molar-refractivity contribution in [2.24, 2.45) is 7.05 Å². The van der Waals surface area contributed by atoms with Crippen LogP contribution in [0.4, 0.5) is 0 Å². The highest BCUT2D eigenvalue weighted by Gasteiger charge is 2.25. The zero-order valence-electron chi connectivity index (χ0n) is 12.2. The first-order valence-corrected chi connectivity index (χ1v) is 8.25. The van der Waals surface area contributed by atoms with E-state index in [0.29, 0.717) is 12.3 Å². The molecule has 3 heterocycles. The van der Waals surface area contributed by atoms with Crippen LogP contribution in [0.15, 0.2) is 24.0 Å². The van der Waals surface area contributed by atoms with Crippen molar-refractivity contribution in [3.8, 4) is 0 Å². The number of aryl methyl sites for hydroxylation is 2. The number of amides is 1. The Bertz CT molecular complexity index is 593. The second-order valence-corrected chi connectivity index (χ2v) is 6.50. The van der Waals surface area contributed by atoms with Gasteiger partial charge in [0.1, 0.15) is 0 Å². The molecule has 1 atom stereocenters. The average Bonchev–Trinajstić information content (AvgIpc) is 3.16. The van der Waals surface area contributed by atoms with Gasteiger partial charge in [-0.05, 0) is 24.8 Å². The average molecular weight is 304 g/mol. The van der Waals surface area contributed by atoms with Gasteiger partial charge in [-0.15, -0.1) is 11.3 Å². The molecule has 112 valence electrons. The van der Waals surface area contributed by atoms with Crippen molar-refractivity contribution in [1.29, 1.82) is 0 Å². The molecule has 1 aliphatic rings. The van der Waals surface area contributed by atoms with Gasteiger partial charge in [0.2, 0.25) is 5.91 Å². The highest BCUT2D eigenvalue weighted by atomic mass is 32.1. The Morgan fingerprint density at radius 3 is 3.14 bits per heavy atom. The smallest absolute Gasteiger partial charge is 0.222 e. The molecule has 1 aliphatic heterocycles. The minimum Gasteiger partial charge on any atom is -0.342 e. The standard InChI is InChI=1S/C15H20N4OS/c1-18-10-12(9-17-18)4-5-14(20)19-7-2-3-13(11-19)15-16-6-8-21-15/h6,8-10,13H,2-5,7,11H2,1H3/t13-/m1/s1. The number of thiazole rings is 1. The van der Waals surface area contributed by atoms with E-state index in [4.69, 9.17) is 0 Å². The van der Waals surface area contributed by atoms with Gasteiger partial charge < -0.3 is 4.90 Å². The molecule has 2 aromatic heterocycles. The van der Waals surface area contributed by atoms with Gasteiger partial charge in [-0.3, -0.25) is 9.48 Å². The summed E-state index contributed by atoms with van der Waals surface area (Å²) in [5.74, 6) is 0.668. The van der Waals surface area contributed by atoms with E-state index in [1.807, 2.05) is 35.9 Å². The SMILES string of the molecule is Cn1cc(CCC(=O)N2CCC[C@@H](c3nccs3)C2)cn1. The molecule has 1 saturated heterocycles. The van der Waals surface area contributed by atoms with Crippen LogP contribution in [0, 0.1) is 0 Å². The third-order valence-electron chi connectivity index (χ3n) is 3.96. The van der Waals surface area contributed by atoms with Gasteiger partial charge in [-0.25, -0.2) is 4.98 Å². The van der Waals surface area contributed by atoms with Gasteiger partial charge in [-0.1, -0.05) is 0 Å². The number of nitrogens with zero attached hydrogens (tertiary/aromatic N) is 4. The molecule has 0 spiro atoms. The largest absolute Gasteiger partial charge is 0.342 e. The van der Waals surface area contributed by atoms with Crippen LogP contribution in [-0.2, 0) is 18.3 Å². The van der Waals surface area contributed by atoms with Gasteiger partial charge in [0.15, 0.2) is 0 Å². The van der Waals surface area contributed by atoms with Crippen molar-refractivity contribution in [3.63, 3.8) is 0 Å². The Balaban J connectivity index is 1.54. The van der Waals surface area contributed by atoms with Crippen molar-refractivity contribution >= 4 is 17.2 Å². The van der Waals surface area contributed by atoms with Crippen LogP contribution >= 0.6 is 11.3 Å². The lowest BCUT2D eigenvalue weighted by atomic mass is 9.98. The van der Waals surface area contributed by atoms with E-state index < -0.39 is 0 Å². The molecule has 3 rings (SSSR count). The summed E-state index contributed by atoms with van der Waals surface area (Å²) in [5, 5.41) is 7.32. The molecular weight excluding hydrogens is 284 g/mol. The summed E-state index contributed by atoms with van der Waals surface area (Å²) < 4.78 is 1.78. The maximum atomic E-state index is 12.4. The molecule has 1 amide bonds. The Morgan fingerprint density at radius 2 is 2.43 bits per heavy atom. The second kappa shape index (κ2) is 6.39. The van der Waals surface area contributed by atoms with Gasteiger partial charge >= 0.3 is 0 Å². The van der Waals surface area contributed by atoms with E-state index in [1.54, 1.807) is 16.0 Å². The second-order valence-electron chi connectivity index (χ2n) is 5.57. The number of rotatable bonds is 4. The summed E-state index contributed by atoms with van der Waals surface area (Å²) in [6, 6.07) is 0. The van der Waals surface area contributed by atoms with Crippen molar-refractivity contribution < 1.29 is 4.79 Å². The van der Waals surface area contributed by atoms with Crippen molar-refractivity contribution in [3.05, 3.63) is 34.5 Å². The highest BCUT2D eigenvalue weighted by Crippen LogP contribution is 2.28. The number of carbonyl (C=O) groups is 1. The van der Waals surface area contributed by atoms with Crippen LogP contribution in [0.5, 0.6) is 0 Å². The first kappa shape index (κ1) is 14.3. The summed E-state index contributed by atoms with van der Waals surface area (Å²) in [7, 11) is 1.90. The lowest BCUT2D eigenvalue weighted by molar-refractivity contribution is -0.132. The van der Waals surface area contributed by atoms with Crippen molar-refractivity contribution in [2.45, 2.75) is 31.6 Å². The fourth-order valence-electron chi connectivity index (χ4n) is 2.85. The lowest BCUT2D eigenvalue weighted by Crippen LogP contribution is -2.39. The molecule has 0 aromatic carbocycles. The van der Waals surface area contributed by atoms with Crippen LogP contribution in [0.25, 0.3) is 0 Å². The van der Waals surface area contributed by atoms with Crippen molar-refractivity contribution in [1.82, 2.24) is 19.7 Å². The molecule has 6 heteroatoms. The summed E-state index contributed by atoms with van der Waals surface area (Å²) in [6.07, 6.45) is 9.21. The van der Waals surface area contributed by atoms with Crippen LogP contribution < -0.4 is 0 Å². The molecule has 0 bridgehead atoms. The number of piperidine rings is 1. The molecule has 21 heavy (non-hydrogen) atoms. The monoisotopic (exact) mass is 304 g/mol. The van der Waals surface area contributed by atoms with Crippen LogP contribution in [0.3, 0.4) is 0 Å². The van der Waals surface area contributed by atoms with Gasteiger partial charge in [-0.2, -0.15) is 5.10 Å². The summed E-state index contributed by atoms with van der Waals surface area (Å²) in [5.41, 5.74) is 1.12. The molecule has 0 radical (unpaired) electrons. The summed E-state index contributed by atoms with van der Waals surface area (Å²) in [4.78, 5) is 18.8. The van der Waals surface area contributed by atoms with E-state index in [2.05, 4.69) is 10.1 Å². The van der Waals surface area contributed by atoms with Crippen LogP contribution in [0.2, 0.25) is 0 Å². The molecule has 0 unspecified atom stereocenters. The lowest BCUT2D eigenvalue weighted by Gasteiger charge is -2.32. The van der Waals surface area contributed by atoms with E-state index in [0.717, 1.165) is 37.9 Å². The van der Waals surface area contributed by atoms with Gasteiger partial charge in [0.25, 0.3) is 0 Å². The van der Waals surface area contributed by atoms with Gasteiger partial charge in [0.05, 0.1) is 11.2 Å². The van der Waals surface area contributed by atoms with Crippen LogP contribution in [0.1, 0.15) is 35.8 Å². The van der Waals surface area contributed by atoms with Crippen molar-refractivity contribution in [2.75, 3.05) is 13.1 Å². The molecular formula is C15H20N4OS. The van der Waals surface area contributed by atoms with E-state index in [-0.39, 0.29) is 5.91 Å². The maximum absolute atomic E-state index is 12.4. The number of hydrogen-bond acceptors (Lipinski definition) is 4. The maximum Gasteiger partial charge on any atom is 0.222 e. The predicted molar refractivity (Wildman–Crippen MR) is 82.2 cm³/mol. The fraction of sp³-hybridized carbons (Fsp3) is 0.533. The first-order chi connectivity index (χ1) is 10.2. The predicted octanol–water partition coefficient (Wildman–Crippen LogP) is 2.22. The zero-order valence-corrected chi connectivity index (χ0v) is 13.1. The van der Waals surface area contributed by atoms with E-state index in [1.165, 1.54) is 5.01 Å². The first-order valence-electron chi connectivity index (χ1n) is 7.37. The number of likely N-dealkylation sites (tertiary alicyclic amines) is 1. The normalized spacial score (nSPS) is 18.9. The number of carbonyl (C=O) groups excluding carboxylic acids is 1. The molecule has 0 saturated carbocycles. The molecule has 0 N–H and O–H groups in total.